The highest BCUT2D eigenvalue weighted by molar-refractivity contribution is 7.18. The quantitative estimate of drug-likeness (QED) is 0.914. The molecule has 1 unspecified atom stereocenters. The van der Waals surface area contributed by atoms with Crippen molar-refractivity contribution in [1.29, 1.82) is 0 Å². The van der Waals surface area contributed by atoms with Gasteiger partial charge < -0.3 is 10.6 Å². The molecule has 1 fully saturated rings. The molecule has 1 atom stereocenters. The Morgan fingerprint density at radius 1 is 1.40 bits per heavy atom. The summed E-state index contributed by atoms with van der Waals surface area (Å²) in [4.78, 5) is 4.69. The van der Waals surface area contributed by atoms with Gasteiger partial charge in [-0.15, -0.1) is 23.7 Å². The van der Waals surface area contributed by atoms with Crippen LogP contribution in [0.2, 0.25) is 0 Å². The highest BCUT2D eigenvalue weighted by atomic mass is 35.5. The second kappa shape index (κ2) is 6.39. The predicted molar refractivity (Wildman–Crippen MR) is 88.8 cm³/mol. The Labute approximate surface area is 130 Å². The fourth-order valence-electron chi connectivity index (χ4n) is 2.76. The summed E-state index contributed by atoms with van der Waals surface area (Å²) in [5, 5.41) is 8.36. The average Bonchev–Trinajstić information content (AvgIpc) is 2.79. The lowest BCUT2D eigenvalue weighted by Crippen LogP contribution is -2.52. The molecule has 1 saturated heterocycles. The number of para-hydroxylation sites is 1. The van der Waals surface area contributed by atoms with Crippen LogP contribution in [0.4, 0.5) is 0 Å². The van der Waals surface area contributed by atoms with Crippen molar-refractivity contribution in [3.8, 4) is 0 Å². The number of benzene rings is 1. The first kappa shape index (κ1) is 15.7. The SMILES string of the molecule is CC1(C)CNCCC1NCc1nc2ccccc2s1.Cl. The van der Waals surface area contributed by atoms with Crippen LogP contribution in [0.25, 0.3) is 10.2 Å². The number of thiazole rings is 1. The van der Waals surface area contributed by atoms with Crippen LogP contribution in [0.15, 0.2) is 24.3 Å². The van der Waals surface area contributed by atoms with E-state index in [0.29, 0.717) is 11.5 Å². The van der Waals surface area contributed by atoms with Gasteiger partial charge in [0.1, 0.15) is 5.01 Å². The standard InChI is InChI=1S/C15H21N3S.ClH/c1-15(2)10-16-8-7-13(15)17-9-14-18-11-5-3-4-6-12(11)19-14;/h3-6,13,16-17H,7-10H2,1-2H3;1H. The number of fused-ring (bicyclic) bond motifs is 1. The molecule has 1 aromatic carbocycles. The number of aromatic nitrogens is 1. The summed E-state index contributed by atoms with van der Waals surface area (Å²) < 4.78 is 1.28. The van der Waals surface area contributed by atoms with Crippen molar-refractivity contribution in [3.63, 3.8) is 0 Å². The first-order valence-corrected chi connectivity index (χ1v) is 7.75. The van der Waals surface area contributed by atoms with E-state index in [1.165, 1.54) is 16.1 Å². The molecule has 1 aliphatic heterocycles. The first-order chi connectivity index (χ1) is 9.15. The van der Waals surface area contributed by atoms with E-state index in [2.05, 4.69) is 53.7 Å². The molecule has 0 spiro atoms. The van der Waals surface area contributed by atoms with Crippen molar-refractivity contribution >= 4 is 34.0 Å². The van der Waals surface area contributed by atoms with Crippen molar-refractivity contribution in [2.75, 3.05) is 13.1 Å². The number of nitrogens with one attached hydrogen (secondary N) is 2. The van der Waals surface area contributed by atoms with Gasteiger partial charge in [0.05, 0.1) is 10.2 Å². The minimum Gasteiger partial charge on any atom is -0.316 e. The van der Waals surface area contributed by atoms with Crippen LogP contribution in [0, 0.1) is 5.41 Å². The van der Waals surface area contributed by atoms with Gasteiger partial charge in [-0.3, -0.25) is 0 Å². The summed E-state index contributed by atoms with van der Waals surface area (Å²) in [6.45, 7) is 7.74. The molecule has 110 valence electrons. The second-order valence-electron chi connectivity index (χ2n) is 5.96. The van der Waals surface area contributed by atoms with Crippen molar-refractivity contribution in [2.45, 2.75) is 32.9 Å². The van der Waals surface area contributed by atoms with E-state index >= 15 is 0 Å². The maximum Gasteiger partial charge on any atom is 0.108 e. The molecular weight excluding hydrogens is 290 g/mol. The molecule has 3 nitrogen and oxygen atoms in total. The summed E-state index contributed by atoms with van der Waals surface area (Å²) in [5.41, 5.74) is 1.43. The third kappa shape index (κ3) is 3.31. The second-order valence-corrected chi connectivity index (χ2v) is 7.08. The lowest BCUT2D eigenvalue weighted by atomic mass is 9.80. The molecule has 0 saturated carbocycles. The molecular formula is C15H22ClN3S. The number of nitrogens with zero attached hydrogens (tertiary/aromatic N) is 1. The van der Waals surface area contributed by atoms with E-state index in [9.17, 15) is 0 Å². The highest BCUT2D eigenvalue weighted by Crippen LogP contribution is 2.26. The van der Waals surface area contributed by atoms with Crippen molar-refractivity contribution < 1.29 is 0 Å². The van der Waals surface area contributed by atoms with Gasteiger partial charge >= 0.3 is 0 Å². The maximum absolute atomic E-state index is 4.69. The number of rotatable bonds is 3. The van der Waals surface area contributed by atoms with Crippen molar-refractivity contribution in [2.24, 2.45) is 5.41 Å². The summed E-state index contributed by atoms with van der Waals surface area (Å²) in [5.74, 6) is 0. The minimum absolute atomic E-state index is 0. The topological polar surface area (TPSA) is 37.0 Å². The molecule has 0 aliphatic carbocycles. The fourth-order valence-corrected chi connectivity index (χ4v) is 3.67. The Kier molecular flexibility index (Phi) is 5.02. The molecule has 20 heavy (non-hydrogen) atoms. The van der Waals surface area contributed by atoms with E-state index in [1.807, 2.05) is 0 Å². The molecule has 3 rings (SSSR count). The maximum atomic E-state index is 4.69. The predicted octanol–water partition coefficient (Wildman–Crippen LogP) is 3.20. The smallest absolute Gasteiger partial charge is 0.108 e. The average molecular weight is 312 g/mol. The molecule has 0 bridgehead atoms. The first-order valence-electron chi connectivity index (χ1n) is 6.94. The lowest BCUT2D eigenvalue weighted by Gasteiger charge is -2.39. The molecule has 0 radical (unpaired) electrons. The van der Waals surface area contributed by atoms with Gasteiger partial charge in [0.2, 0.25) is 0 Å². The lowest BCUT2D eigenvalue weighted by molar-refractivity contribution is 0.184. The van der Waals surface area contributed by atoms with Crippen molar-refractivity contribution in [3.05, 3.63) is 29.3 Å². The zero-order valence-electron chi connectivity index (χ0n) is 12.0. The summed E-state index contributed by atoms with van der Waals surface area (Å²) in [6, 6.07) is 8.93. The Hall–Kier alpha value is -0.680. The van der Waals surface area contributed by atoms with Gasteiger partial charge in [-0.2, -0.15) is 0 Å². The van der Waals surface area contributed by atoms with Crippen LogP contribution in [-0.4, -0.2) is 24.1 Å². The van der Waals surface area contributed by atoms with E-state index in [0.717, 1.165) is 25.2 Å². The summed E-state index contributed by atoms with van der Waals surface area (Å²) in [6.07, 6.45) is 1.19. The number of hydrogen-bond acceptors (Lipinski definition) is 4. The van der Waals surface area contributed by atoms with Gasteiger partial charge in [0, 0.05) is 19.1 Å². The molecule has 1 aromatic heterocycles. The zero-order valence-corrected chi connectivity index (χ0v) is 13.6. The van der Waals surface area contributed by atoms with Crippen LogP contribution in [0.3, 0.4) is 0 Å². The van der Waals surface area contributed by atoms with E-state index < -0.39 is 0 Å². The monoisotopic (exact) mass is 311 g/mol. The van der Waals surface area contributed by atoms with Crippen LogP contribution in [-0.2, 0) is 6.54 Å². The van der Waals surface area contributed by atoms with Gasteiger partial charge in [0.15, 0.2) is 0 Å². The zero-order chi connectivity index (χ0) is 13.3. The van der Waals surface area contributed by atoms with E-state index in [-0.39, 0.29) is 12.4 Å². The summed E-state index contributed by atoms with van der Waals surface area (Å²) >= 11 is 1.80. The van der Waals surface area contributed by atoms with Crippen LogP contribution in [0.1, 0.15) is 25.3 Å². The van der Waals surface area contributed by atoms with E-state index in [1.54, 1.807) is 11.3 Å². The highest BCUT2D eigenvalue weighted by Gasteiger charge is 2.31. The third-order valence-electron chi connectivity index (χ3n) is 3.97. The summed E-state index contributed by atoms with van der Waals surface area (Å²) in [7, 11) is 0. The molecule has 2 aromatic rings. The van der Waals surface area contributed by atoms with Gasteiger partial charge in [0.25, 0.3) is 0 Å². The third-order valence-corrected chi connectivity index (χ3v) is 5.01. The molecule has 5 heteroatoms. The van der Waals surface area contributed by atoms with Crippen LogP contribution in [0.5, 0.6) is 0 Å². The normalized spacial score (nSPS) is 21.6. The van der Waals surface area contributed by atoms with Gasteiger partial charge in [-0.05, 0) is 30.5 Å². The molecule has 2 N–H and O–H groups in total. The minimum atomic E-state index is 0. The molecule has 1 aliphatic rings. The largest absolute Gasteiger partial charge is 0.316 e. The fraction of sp³-hybridized carbons (Fsp3) is 0.533. The Balaban J connectivity index is 0.00000147. The van der Waals surface area contributed by atoms with Crippen LogP contribution < -0.4 is 10.6 Å². The molecule has 2 heterocycles. The Bertz CT molecular complexity index is 534. The van der Waals surface area contributed by atoms with Gasteiger partial charge in [-0.1, -0.05) is 26.0 Å². The Morgan fingerprint density at radius 3 is 2.95 bits per heavy atom. The molecule has 0 amide bonds. The Morgan fingerprint density at radius 2 is 2.20 bits per heavy atom. The van der Waals surface area contributed by atoms with Gasteiger partial charge in [-0.25, -0.2) is 4.98 Å². The number of piperidine rings is 1. The van der Waals surface area contributed by atoms with Crippen molar-refractivity contribution in [1.82, 2.24) is 15.6 Å². The van der Waals surface area contributed by atoms with Crippen LogP contribution >= 0.6 is 23.7 Å². The number of halogens is 1. The van der Waals surface area contributed by atoms with E-state index in [4.69, 9.17) is 0 Å². The number of hydrogen-bond donors (Lipinski definition) is 2.